The van der Waals surface area contributed by atoms with Gasteiger partial charge in [0.25, 0.3) is 5.91 Å². The number of pyridine rings is 1. The van der Waals surface area contributed by atoms with Crippen molar-refractivity contribution >= 4 is 17.3 Å². The van der Waals surface area contributed by atoms with E-state index in [1.807, 2.05) is 25.1 Å². The number of aryl methyl sites for hydroxylation is 1. The summed E-state index contributed by atoms with van der Waals surface area (Å²) in [6, 6.07) is 9.70. The van der Waals surface area contributed by atoms with Crippen LogP contribution in [0.2, 0.25) is 0 Å². The van der Waals surface area contributed by atoms with Crippen LogP contribution in [-0.2, 0) is 4.74 Å². The minimum absolute atomic E-state index is 0.197. The molecular formula is C20H27N3O2. The lowest BCUT2D eigenvalue weighted by atomic mass is 9.98. The van der Waals surface area contributed by atoms with Crippen LogP contribution in [0.1, 0.15) is 47.8 Å². The second-order valence-corrected chi connectivity index (χ2v) is 6.35. The molecule has 0 atom stereocenters. The number of rotatable bonds is 8. The van der Waals surface area contributed by atoms with E-state index in [4.69, 9.17) is 4.74 Å². The Kier molecular flexibility index (Phi) is 6.95. The minimum atomic E-state index is -0.197. The first kappa shape index (κ1) is 18.9. The van der Waals surface area contributed by atoms with Crippen molar-refractivity contribution in [2.45, 2.75) is 33.1 Å². The second kappa shape index (κ2) is 9.18. The molecule has 0 saturated carbocycles. The van der Waals surface area contributed by atoms with Crippen molar-refractivity contribution in [1.29, 1.82) is 0 Å². The van der Waals surface area contributed by atoms with E-state index in [0.29, 0.717) is 18.2 Å². The molecule has 0 aliphatic carbocycles. The van der Waals surface area contributed by atoms with Gasteiger partial charge in [0, 0.05) is 37.8 Å². The lowest BCUT2D eigenvalue weighted by molar-refractivity contribution is 0.102. The fourth-order valence-corrected chi connectivity index (χ4v) is 2.63. The number of hydrogen-bond acceptors (Lipinski definition) is 4. The summed E-state index contributed by atoms with van der Waals surface area (Å²) >= 11 is 0. The summed E-state index contributed by atoms with van der Waals surface area (Å²) in [6.07, 6.45) is 2.55. The molecule has 5 nitrogen and oxygen atoms in total. The third kappa shape index (κ3) is 5.29. The third-order valence-electron chi connectivity index (χ3n) is 4.01. The average Bonchev–Trinajstić information content (AvgIpc) is 2.60. The van der Waals surface area contributed by atoms with E-state index in [1.165, 1.54) is 0 Å². The maximum Gasteiger partial charge on any atom is 0.274 e. The van der Waals surface area contributed by atoms with E-state index in [9.17, 15) is 4.79 Å². The number of benzene rings is 1. The Hall–Kier alpha value is -2.40. The number of anilines is 2. The SMILES string of the molecule is COCCCNc1ccnc(C(=O)Nc2c(C)cccc2C(C)C)c1. The van der Waals surface area contributed by atoms with Crippen molar-refractivity contribution in [3.63, 3.8) is 0 Å². The molecule has 0 unspecified atom stereocenters. The quantitative estimate of drug-likeness (QED) is 0.706. The Labute approximate surface area is 149 Å². The summed E-state index contributed by atoms with van der Waals surface area (Å²) in [5, 5.41) is 6.31. The fourth-order valence-electron chi connectivity index (χ4n) is 2.63. The summed E-state index contributed by atoms with van der Waals surface area (Å²) < 4.78 is 5.03. The summed E-state index contributed by atoms with van der Waals surface area (Å²) in [5.74, 6) is 0.133. The number of carbonyl (C=O) groups excluding carboxylic acids is 1. The first-order valence-electron chi connectivity index (χ1n) is 8.62. The van der Waals surface area contributed by atoms with Crippen molar-refractivity contribution in [2.24, 2.45) is 0 Å². The number of amides is 1. The van der Waals surface area contributed by atoms with Gasteiger partial charge >= 0.3 is 0 Å². The molecule has 2 N–H and O–H groups in total. The molecule has 0 aliphatic heterocycles. The van der Waals surface area contributed by atoms with Crippen LogP contribution in [0.25, 0.3) is 0 Å². The summed E-state index contributed by atoms with van der Waals surface area (Å²) in [7, 11) is 1.69. The molecule has 0 spiro atoms. The number of para-hydroxylation sites is 1. The van der Waals surface area contributed by atoms with Gasteiger partial charge in [-0.05, 0) is 42.5 Å². The maximum absolute atomic E-state index is 12.6. The van der Waals surface area contributed by atoms with Gasteiger partial charge in [0.2, 0.25) is 0 Å². The minimum Gasteiger partial charge on any atom is -0.385 e. The van der Waals surface area contributed by atoms with Crippen LogP contribution < -0.4 is 10.6 Å². The Bertz CT molecular complexity index is 714. The van der Waals surface area contributed by atoms with Gasteiger partial charge in [0.1, 0.15) is 5.69 Å². The van der Waals surface area contributed by atoms with Gasteiger partial charge in [-0.15, -0.1) is 0 Å². The van der Waals surface area contributed by atoms with E-state index in [0.717, 1.165) is 35.5 Å². The molecule has 25 heavy (non-hydrogen) atoms. The van der Waals surface area contributed by atoms with E-state index >= 15 is 0 Å². The van der Waals surface area contributed by atoms with Gasteiger partial charge in [-0.2, -0.15) is 0 Å². The van der Waals surface area contributed by atoms with E-state index in [-0.39, 0.29) is 5.91 Å². The third-order valence-corrected chi connectivity index (χ3v) is 4.01. The zero-order chi connectivity index (χ0) is 18.2. The standard InChI is InChI=1S/C20H27N3O2/c1-14(2)17-8-5-7-15(3)19(17)23-20(24)18-13-16(9-11-22-18)21-10-6-12-25-4/h5,7-9,11,13-14H,6,10,12H2,1-4H3,(H,21,22)(H,23,24). The normalized spacial score (nSPS) is 10.8. The Morgan fingerprint density at radius 1 is 1.28 bits per heavy atom. The molecule has 5 heteroatoms. The first-order valence-corrected chi connectivity index (χ1v) is 8.62. The fraction of sp³-hybridized carbons (Fsp3) is 0.400. The highest BCUT2D eigenvalue weighted by Gasteiger charge is 2.14. The predicted molar refractivity (Wildman–Crippen MR) is 102 cm³/mol. The lowest BCUT2D eigenvalue weighted by Gasteiger charge is -2.16. The number of nitrogens with zero attached hydrogens (tertiary/aromatic N) is 1. The monoisotopic (exact) mass is 341 g/mol. The van der Waals surface area contributed by atoms with Crippen LogP contribution in [0.3, 0.4) is 0 Å². The Balaban J connectivity index is 2.11. The van der Waals surface area contributed by atoms with E-state index < -0.39 is 0 Å². The van der Waals surface area contributed by atoms with Crippen molar-refractivity contribution in [2.75, 3.05) is 30.9 Å². The van der Waals surface area contributed by atoms with Crippen molar-refractivity contribution in [3.05, 3.63) is 53.3 Å². The number of ether oxygens (including phenoxy) is 1. The average molecular weight is 341 g/mol. The molecule has 0 saturated heterocycles. The van der Waals surface area contributed by atoms with Gasteiger partial charge in [-0.1, -0.05) is 32.0 Å². The number of carbonyl (C=O) groups is 1. The van der Waals surface area contributed by atoms with Gasteiger partial charge in [0.15, 0.2) is 0 Å². The Morgan fingerprint density at radius 3 is 2.80 bits per heavy atom. The van der Waals surface area contributed by atoms with Crippen LogP contribution in [0, 0.1) is 6.92 Å². The first-order chi connectivity index (χ1) is 12.0. The highest BCUT2D eigenvalue weighted by atomic mass is 16.5. The van der Waals surface area contributed by atoms with Crippen LogP contribution in [0.4, 0.5) is 11.4 Å². The molecule has 1 amide bonds. The summed E-state index contributed by atoms with van der Waals surface area (Å²) in [5.41, 5.74) is 4.33. The number of aromatic nitrogens is 1. The van der Waals surface area contributed by atoms with Gasteiger partial charge in [-0.25, -0.2) is 0 Å². The molecule has 0 fully saturated rings. The van der Waals surface area contributed by atoms with Crippen molar-refractivity contribution in [3.8, 4) is 0 Å². The number of methoxy groups -OCH3 is 1. The van der Waals surface area contributed by atoms with E-state index in [1.54, 1.807) is 19.4 Å². The summed E-state index contributed by atoms with van der Waals surface area (Å²) in [4.78, 5) is 16.9. The molecule has 0 aliphatic rings. The van der Waals surface area contributed by atoms with Gasteiger partial charge < -0.3 is 15.4 Å². The van der Waals surface area contributed by atoms with Gasteiger partial charge in [0.05, 0.1) is 0 Å². The maximum atomic E-state index is 12.6. The van der Waals surface area contributed by atoms with E-state index in [2.05, 4.69) is 35.5 Å². The molecule has 2 aromatic rings. The zero-order valence-corrected chi connectivity index (χ0v) is 15.4. The lowest BCUT2D eigenvalue weighted by Crippen LogP contribution is -2.16. The smallest absolute Gasteiger partial charge is 0.274 e. The zero-order valence-electron chi connectivity index (χ0n) is 15.4. The molecule has 1 aromatic heterocycles. The van der Waals surface area contributed by atoms with Crippen molar-refractivity contribution < 1.29 is 9.53 Å². The molecule has 1 heterocycles. The van der Waals surface area contributed by atoms with Crippen molar-refractivity contribution in [1.82, 2.24) is 4.98 Å². The van der Waals surface area contributed by atoms with Crippen LogP contribution in [-0.4, -0.2) is 31.2 Å². The largest absolute Gasteiger partial charge is 0.385 e. The highest BCUT2D eigenvalue weighted by molar-refractivity contribution is 6.04. The molecule has 0 bridgehead atoms. The highest BCUT2D eigenvalue weighted by Crippen LogP contribution is 2.27. The summed E-state index contributed by atoms with van der Waals surface area (Å²) in [6.45, 7) is 7.73. The molecule has 1 aromatic carbocycles. The topological polar surface area (TPSA) is 63.2 Å². The number of hydrogen-bond donors (Lipinski definition) is 2. The van der Waals surface area contributed by atoms with Crippen LogP contribution in [0.15, 0.2) is 36.5 Å². The molecule has 2 rings (SSSR count). The Morgan fingerprint density at radius 2 is 2.08 bits per heavy atom. The molecule has 0 radical (unpaired) electrons. The van der Waals surface area contributed by atoms with Crippen LogP contribution in [0.5, 0.6) is 0 Å². The molecular weight excluding hydrogens is 314 g/mol. The molecule has 134 valence electrons. The second-order valence-electron chi connectivity index (χ2n) is 6.35. The number of nitrogens with one attached hydrogen (secondary N) is 2. The van der Waals surface area contributed by atoms with Crippen LogP contribution >= 0.6 is 0 Å². The predicted octanol–water partition coefficient (Wildman–Crippen LogP) is 4.21. The van der Waals surface area contributed by atoms with Gasteiger partial charge in [-0.3, -0.25) is 9.78 Å².